The lowest BCUT2D eigenvalue weighted by Crippen LogP contribution is -2.39. The highest BCUT2D eigenvalue weighted by Gasteiger charge is 2.30. The van der Waals surface area contributed by atoms with Crippen LogP contribution in [-0.4, -0.2) is 42.5 Å². The van der Waals surface area contributed by atoms with Crippen molar-refractivity contribution in [2.45, 2.75) is 37.1 Å². The summed E-state index contributed by atoms with van der Waals surface area (Å²) in [5, 5.41) is 14.9. The van der Waals surface area contributed by atoms with Crippen molar-refractivity contribution in [3.8, 4) is 0 Å². The Hall–Kier alpha value is -0.960. The number of hydrogen-bond acceptors (Lipinski definition) is 5. The van der Waals surface area contributed by atoms with Crippen molar-refractivity contribution in [1.82, 2.24) is 14.9 Å². The van der Waals surface area contributed by atoms with Gasteiger partial charge in [0.2, 0.25) is 0 Å². The van der Waals surface area contributed by atoms with E-state index in [9.17, 15) is 8.42 Å². The van der Waals surface area contributed by atoms with Gasteiger partial charge in [0.25, 0.3) is 10.0 Å². The highest BCUT2D eigenvalue weighted by Crippen LogP contribution is 2.17. The van der Waals surface area contributed by atoms with Gasteiger partial charge in [0.15, 0.2) is 5.03 Å². The second kappa shape index (κ2) is 4.73. The number of aliphatic hydroxyl groups is 1. The summed E-state index contributed by atoms with van der Waals surface area (Å²) in [5.41, 5.74) is 0.254. The monoisotopic (exact) mass is 261 g/mol. The molecule has 0 spiro atoms. The zero-order valence-corrected chi connectivity index (χ0v) is 10.2. The van der Waals surface area contributed by atoms with Crippen molar-refractivity contribution in [2.75, 3.05) is 6.61 Å². The first-order valence-corrected chi connectivity index (χ1v) is 6.80. The third-order valence-electron chi connectivity index (χ3n) is 2.80. The number of aromatic nitrogens is 2. The van der Waals surface area contributed by atoms with Crippen LogP contribution in [0.25, 0.3) is 0 Å². The topological polar surface area (TPSA) is 104 Å². The first-order valence-electron chi connectivity index (χ1n) is 5.31. The molecule has 8 heteroatoms. The summed E-state index contributed by atoms with van der Waals surface area (Å²) in [6, 6.07) is -0.241. The molecule has 2 unspecified atom stereocenters. The Morgan fingerprint density at radius 1 is 1.71 bits per heavy atom. The Balaban J connectivity index is 2.19. The highest BCUT2D eigenvalue weighted by atomic mass is 32.2. The number of aromatic amines is 1. The van der Waals surface area contributed by atoms with E-state index in [0.29, 0.717) is 13.0 Å². The fourth-order valence-electron chi connectivity index (χ4n) is 1.79. The summed E-state index contributed by atoms with van der Waals surface area (Å²) in [4.78, 5) is 0. The SMILES string of the molecule is CC1OCCC1NS(=O)(=O)c1[nH]ncc1CO. The van der Waals surface area contributed by atoms with E-state index in [4.69, 9.17) is 9.84 Å². The number of nitrogens with zero attached hydrogens (tertiary/aromatic N) is 1. The lowest BCUT2D eigenvalue weighted by Gasteiger charge is -2.15. The fraction of sp³-hybridized carbons (Fsp3) is 0.667. The third kappa shape index (κ3) is 2.49. The summed E-state index contributed by atoms with van der Waals surface area (Å²) in [6.07, 6.45) is 1.79. The largest absolute Gasteiger partial charge is 0.392 e. The van der Waals surface area contributed by atoms with E-state index < -0.39 is 10.0 Å². The standard InChI is InChI=1S/C9H15N3O4S/c1-6-8(2-3-16-6)12-17(14,15)9-7(5-13)4-10-11-9/h4,6,8,12-13H,2-3,5H2,1H3,(H,10,11). The van der Waals surface area contributed by atoms with Crippen molar-refractivity contribution in [1.29, 1.82) is 0 Å². The van der Waals surface area contributed by atoms with Crippen LogP contribution in [-0.2, 0) is 21.4 Å². The smallest absolute Gasteiger partial charge is 0.258 e. The van der Waals surface area contributed by atoms with Crippen LogP contribution in [0.3, 0.4) is 0 Å². The van der Waals surface area contributed by atoms with E-state index in [0.717, 1.165) is 0 Å². The summed E-state index contributed by atoms with van der Waals surface area (Å²) >= 11 is 0. The van der Waals surface area contributed by atoms with Gasteiger partial charge in [-0.05, 0) is 13.3 Å². The van der Waals surface area contributed by atoms with Gasteiger partial charge in [-0.15, -0.1) is 0 Å². The second-order valence-corrected chi connectivity index (χ2v) is 5.63. The molecule has 0 radical (unpaired) electrons. The van der Waals surface area contributed by atoms with Crippen LogP contribution >= 0.6 is 0 Å². The Kier molecular flexibility index (Phi) is 3.48. The molecule has 96 valence electrons. The molecule has 0 amide bonds. The maximum absolute atomic E-state index is 12.0. The van der Waals surface area contributed by atoms with E-state index in [1.165, 1.54) is 6.20 Å². The molecule has 2 rings (SSSR count). The number of hydrogen-bond donors (Lipinski definition) is 3. The van der Waals surface area contributed by atoms with Gasteiger partial charge in [-0.2, -0.15) is 5.10 Å². The van der Waals surface area contributed by atoms with Crippen LogP contribution in [0.2, 0.25) is 0 Å². The molecule has 7 nitrogen and oxygen atoms in total. The molecule has 17 heavy (non-hydrogen) atoms. The van der Waals surface area contributed by atoms with Crippen LogP contribution in [0.5, 0.6) is 0 Å². The number of nitrogens with one attached hydrogen (secondary N) is 2. The molecule has 1 aromatic rings. The third-order valence-corrected chi connectivity index (χ3v) is 4.30. The number of sulfonamides is 1. The summed E-state index contributed by atoms with van der Waals surface area (Å²) in [7, 11) is -3.68. The van der Waals surface area contributed by atoms with Crippen molar-refractivity contribution in [3.63, 3.8) is 0 Å². The molecular weight excluding hydrogens is 246 g/mol. The number of rotatable bonds is 4. The van der Waals surface area contributed by atoms with E-state index in [2.05, 4.69) is 14.9 Å². The summed E-state index contributed by atoms with van der Waals surface area (Å²) < 4.78 is 31.9. The minimum atomic E-state index is -3.68. The Labute approximate surface area is 99.2 Å². The second-order valence-electron chi connectivity index (χ2n) is 3.97. The lowest BCUT2D eigenvalue weighted by atomic mass is 10.2. The summed E-state index contributed by atoms with van der Waals surface area (Å²) in [6.45, 7) is 1.99. The molecule has 3 N–H and O–H groups in total. The molecule has 1 saturated heterocycles. The summed E-state index contributed by atoms with van der Waals surface area (Å²) in [5.74, 6) is 0. The predicted molar refractivity (Wildman–Crippen MR) is 58.7 cm³/mol. The van der Waals surface area contributed by atoms with Gasteiger partial charge in [-0.3, -0.25) is 5.10 Å². The van der Waals surface area contributed by atoms with E-state index >= 15 is 0 Å². The minimum Gasteiger partial charge on any atom is -0.392 e. The average molecular weight is 261 g/mol. The fourth-order valence-corrected chi connectivity index (χ4v) is 3.25. The maximum atomic E-state index is 12.0. The quantitative estimate of drug-likeness (QED) is 0.668. The number of aliphatic hydroxyl groups excluding tert-OH is 1. The first-order chi connectivity index (χ1) is 8.04. The minimum absolute atomic E-state index is 0.0842. The van der Waals surface area contributed by atoms with Crippen molar-refractivity contribution < 1.29 is 18.3 Å². The molecule has 0 saturated carbocycles. The zero-order valence-electron chi connectivity index (χ0n) is 9.38. The Bertz CT molecular complexity index is 484. The van der Waals surface area contributed by atoms with Crippen LogP contribution in [0.15, 0.2) is 11.2 Å². The van der Waals surface area contributed by atoms with Crippen LogP contribution in [0, 0.1) is 0 Å². The van der Waals surface area contributed by atoms with E-state index in [1.54, 1.807) is 0 Å². The van der Waals surface area contributed by atoms with Crippen molar-refractivity contribution >= 4 is 10.0 Å². The molecule has 1 aromatic heterocycles. The molecule has 1 fully saturated rings. The molecule has 1 aliphatic heterocycles. The molecule has 2 heterocycles. The van der Waals surface area contributed by atoms with Crippen LogP contribution in [0.4, 0.5) is 0 Å². The van der Waals surface area contributed by atoms with Crippen molar-refractivity contribution in [3.05, 3.63) is 11.8 Å². The van der Waals surface area contributed by atoms with Gasteiger partial charge >= 0.3 is 0 Å². The molecule has 1 aliphatic rings. The van der Waals surface area contributed by atoms with Crippen LogP contribution < -0.4 is 4.72 Å². The Morgan fingerprint density at radius 3 is 3.06 bits per heavy atom. The van der Waals surface area contributed by atoms with E-state index in [-0.39, 0.29) is 29.3 Å². The lowest BCUT2D eigenvalue weighted by molar-refractivity contribution is 0.117. The number of H-pyrrole nitrogens is 1. The Morgan fingerprint density at radius 2 is 2.47 bits per heavy atom. The highest BCUT2D eigenvalue weighted by molar-refractivity contribution is 7.89. The van der Waals surface area contributed by atoms with Gasteiger partial charge < -0.3 is 9.84 Å². The van der Waals surface area contributed by atoms with Gasteiger partial charge in [-0.25, -0.2) is 13.1 Å². The molecule has 2 atom stereocenters. The van der Waals surface area contributed by atoms with E-state index in [1.807, 2.05) is 6.92 Å². The van der Waals surface area contributed by atoms with Crippen molar-refractivity contribution in [2.24, 2.45) is 0 Å². The first kappa shape index (κ1) is 12.5. The zero-order chi connectivity index (χ0) is 12.5. The van der Waals surface area contributed by atoms with Gasteiger partial charge in [-0.1, -0.05) is 0 Å². The molecular formula is C9H15N3O4S. The van der Waals surface area contributed by atoms with Crippen LogP contribution in [0.1, 0.15) is 18.9 Å². The molecule has 0 aliphatic carbocycles. The maximum Gasteiger partial charge on any atom is 0.258 e. The average Bonchev–Trinajstić information content (AvgIpc) is 2.88. The molecule has 0 aromatic carbocycles. The predicted octanol–water partition coefficient (Wildman–Crippen LogP) is -0.642. The van der Waals surface area contributed by atoms with Gasteiger partial charge in [0, 0.05) is 12.2 Å². The normalized spacial score (nSPS) is 25.3. The molecule has 0 bridgehead atoms. The van der Waals surface area contributed by atoms with Gasteiger partial charge in [0.05, 0.1) is 24.9 Å². The van der Waals surface area contributed by atoms with Gasteiger partial charge in [0.1, 0.15) is 0 Å². The number of ether oxygens (including phenoxy) is 1.